The average molecular weight is 433 g/mol. The van der Waals surface area contributed by atoms with E-state index in [4.69, 9.17) is 0 Å². The lowest BCUT2D eigenvalue weighted by atomic mass is 9.96. The second kappa shape index (κ2) is 8.71. The molecule has 2 aliphatic rings. The van der Waals surface area contributed by atoms with Crippen LogP contribution in [-0.4, -0.2) is 51.5 Å². The van der Waals surface area contributed by atoms with Crippen LogP contribution in [0.5, 0.6) is 0 Å². The quantitative estimate of drug-likeness (QED) is 0.682. The van der Waals surface area contributed by atoms with Crippen molar-refractivity contribution in [2.75, 3.05) is 18.0 Å². The zero-order valence-electron chi connectivity index (χ0n) is 17.4. The van der Waals surface area contributed by atoms with E-state index in [-0.39, 0.29) is 35.9 Å². The van der Waals surface area contributed by atoms with Gasteiger partial charge in [0.2, 0.25) is 11.8 Å². The van der Waals surface area contributed by atoms with Gasteiger partial charge in [0.15, 0.2) is 10.8 Å². The van der Waals surface area contributed by atoms with Gasteiger partial charge in [-0.2, -0.15) is 4.98 Å². The molecule has 0 spiro atoms. The van der Waals surface area contributed by atoms with Crippen molar-refractivity contribution < 1.29 is 9.59 Å². The van der Waals surface area contributed by atoms with Crippen LogP contribution in [0.4, 0.5) is 5.13 Å². The Labute approximate surface area is 178 Å². The Morgan fingerprint density at radius 1 is 1.27 bits per heavy atom. The molecule has 2 N–H and O–H groups in total. The molecule has 2 aromatic rings. The minimum absolute atomic E-state index is 0.0515. The number of rotatable bonds is 7. The molecule has 1 atom stereocenters. The third-order valence-electron chi connectivity index (χ3n) is 5.77. The summed E-state index contributed by atoms with van der Waals surface area (Å²) >= 11 is 1.31. The molecule has 1 unspecified atom stereocenters. The third kappa shape index (κ3) is 4.63. The maximum absolute atomic E-state index is 12.8. The van der Waals surface area contributed by atoms with Gasteiger partial charge in [0, 0.05) is 31.1 Å². The molecule has 0 bridgehead atoms. The Kier molecular flexibility index (Phi) is 6.03. The van der Waals surface area contributed by atoms with Crippen molar-refractivity contribution >= 4 is 38.6 Å². The van der Waals surface area contributed by atoms with Crippen LogP contribution in [-0.2, 0) is 16.1 Å². The Bertz CT molecular complexity index is 990. The molecule has 0 aromatic carbocycles. The average Bonchev–Trinajstić information content (AvgIpc) is 3.44. The molecule has 1 aliphatic heterocycles. The number of carbonyl (C=O) groups is 2. The highest BCUT2D eigenvalue weighted by Gasteiger charge is 2.30. The predicted molar refractivity (Wildman–Crippen MR) is 116 cm³/mol. The minimum Gasteiger partial charge on any atom is -0.353 e. The van der Waals surface area contributed by atoms with Gasteiger partial charge in [-0.3, -0.25) is 19.0 Å². The molecule has 1 aliphatic carbocycles. The molecular weight excluding hydrogens is 404 g/mol. The summed E-state index contributed by atoms with van der Waals surface area (Å²) in [6.07, 6.45) is 5.97. The lowest BCUT2D eigenvalue weighted by Gasteiger charge is -2.30. The predicted octanol–water partition coefficient (Wildman–Crippen LogP) is 1.26. The number of piperidine rings is 1. The van der Waals surface area contributed by atoms with Crippen molar-refractivity contribution in [2.24, 2.45) is 5.92 Å². The topological polar surface area (TPSA) is 109 Å². The first-order chi connectivity index (χ1) is 14.4. The van der Waals surface area contributed by atoms with Crippen molar-refractivity contribution in [1.29, 1.82) is 0 Å². The highest BCUT2D eigenvalue weighted by atomic mass is 32.1. The lowest BCUT2D eigenvalue weighted by molar-refractivity contribution is -0.125. The number of nitrogens with one attached hydrogen (secondary N) is 2. The fourth-order valence-electron chi connectivity index (χ4n) is 3.54. The van der Waals surface area contributed by atoms with E-state index >= 15 is 0 Å². The first kappa shape index (κ1) is 20.8. The standard InChI is InChI=1S/C20H28N6O3S/c1-3-12(2)22-15(27)10-26-11-21-17-16(19(26)29)30-20(24-17)25-8-6-13(7-9-25)18(28)23-14-4-5-14/h11-14H,3-10H2,1-2H3,(H,22,27)(H,23,28). The Morgan fingerprint density at radius 3 is 2.67 bits per heavy atom. The second-order valence-electron chi connectivity index (χ2n) is 8.25. The monoisotopic (exact) mass is 432 g/mol. The van der Waals surface area contributed by atoms with E-state index < -0.39 is 0 Å². The summed E-state index contributed by atoms with van der Waals surface area (Å²) in [7, 11) is 0. The molecular formula is C20H28N6O3S. The van der Waals surface area contributed by atoms with Crippen molar-refractivity contribution in [3.05, 3.63) is 16.7 Å². The highest BCUT2D eigenvalue weighted by Crippen LogP contribution is 2.29. The molecule has 2 amide bonds. The Morgan fingerprint density at radius 2 is 2.00 bits per heavy atom. The van der Waals surface area contributed by atoms with Crippen LogP contribution in [0.25, 0.3) is 10.3 Å². The molecule has 10 heteroatoms. The van der Waals surface area contributed by atoms with E-state index in [9.17, 15) is 14.4 Å². The van der Waals surface area contributed by atoms with Crippen LogP contribution < -0.4 is 21.1 Å². The van der Waals surface area contributed by atoms with Gasteiger partial charge in [-0.15, -0.1) is 0 Å². The van der Waals surface area contributed by atoms with E-state index in [2.05, 4.69) is 25.5 Å². The Balaban J connectivity index is 1.42. The third-order valence-corrected chi connectivity index (χ3v) is 6.86. The molecule has 9 nitrogen and oxygen atoms in total. The van der Waals surface area contributed by atoms with Gasteiger partial charge >= 0.3 is 0 Å². The van der Waals surface area contributed by atoms with Gasteiger partial charge in [0.25, 0.3) is 5.56 Å². The van der Waals surface area contributed by atoms with E-state index in [1.54, 1.807) is 0 Å². The lowest BCUT2D eigenvalue weighted by Crippen LogP contribution is -2.41. The van der Waals surface area contributed by atoms with Gasteiger partial charge in [0.05, 0.1) is 0 Å². The molecule has 30 heavy (non-hydrogen) atoms. The van der Waals surface area contributed by atoms with Gasteiger partial charge in [-0.05, 0) is 39.0 Å². The van der Waals surface area contributed by atoms with E-state index in [1.807, 2.05) is 13.8 Å². The summed E-state index contributed by atoms with van der Waals surface area (Å²) in [5, 5.41) is 6.69. The molecule has 2 aromatic heterocycles. The minimum atomic E-state index is -0.248. The van der Waals surface area contributed by atoms with E-state index in [1.165, 1.54) is 22.2 Å². The molecule has 3 heterocycles. The smallest absolute Gasteiger partial charge is 0.273 e. The fraction of sp³-hybridized carbons (Fsp3) is 0.650. The van der Waals surface area contributed by atoms with Gasteiger partial charge in [-0.1, -0.05) is 18.3 Å². The zero-order chi connectivity index (χ0) is 21.3. The number of carbonyl (C=O) groups excluding carboxylic acids is 2. The fourth-order valence-corrected chi connectivity index (χ4v) is 4.56. The van der Waals surface area contributed by atoms with Crippen LogP contribution in [0.1, 0.15) is 46.0 Å². The van der Waals surface area contributed by atoms with Crippen LogP contribution in [0.3, 0.4) is 0 Å². The van der Waals surface area contributed by atoms with Crippen LogP contribution in [0.15, 0.2) is 11.1 Å². The summed E-state index contributed by atoms with van der Waals surface area (Å²) in [4.78, 5) is 48.1. The number of nitrogens with zero attached hydrogens (tertiary/aromatic N) is 4. The second-order valence-corrected chi connectivity index (χ2v) is 9.23. The molecule has 1 saturated heterocycles. The van der Waals surface area contributed by atoms with Gasteiger partial charge in [-0.25, -0.2) is 4.98 Å². The molecule has 162 valence electrons. The zero-order valence-corrected chi connectivity index (χ0v) is 18.2. The first-order valence-electron chi connectivity index (χ1n) is 10.6. The summed E-state index contributed by atoms with van der Waals surface area (Å²) in [6, 6.07) is 0.453. The van der Waals surface area contributed by atoms with Crippen LogP contribution in [0, 0.1) is 5.92 Å². The van der Waals surface area contributed by atoms with Crippen molar-refractivity contribution in [1.82, 2.24) is 25.2 Å². The van der Waals surface area contributed by atoms with Crippen LogP contribution in [0.2, 0.25) is 0 Å². The molecule has 0 radical (unpaired) electrons. The summed E-state index contributed by atoms with van der Waals surface area (Å²) in [5.74, 6) is 0.0150. The van der Waals surface area contributed by atoms with Crippen LogP contribution >= 0.6 is 11.3 Å². The molecule has 4 rings (SSSR count). The molecule has 1 saturated carbocycles. The summed E-state index contributed by atoms with van der Waals surface area (Å²) in [6.45, 7) is 5.32. The number of aromatic nitrogens is 3. The number of hydrogen-bond acceptors (Lipinski definition) is 7. The maximum atomic E-state index is 12.8. The van der Waals surface area contributed by atoms with Crippen molar-refractivity contribution in [2.45, 2.75) is 64.6 Å². The number of fused-ring (bicyclic) bond motifs is 1. The van der Waals surface area contributed by atoms with E-state index in [0.717, 1.165) is 50.3 Å². The van der Waals surface area contributed by atoms with Crippen molar-refractivity contribution in [3.8, 4) is 0 Å². The van der Waals surface area contributed by atoms with Gasteiger partial charge < -0.3 is 15.5 Å². The SMILES string of the molecule is CCC(C)NC(=O)Cn1cnc2nc(N3CCC(C(=O)NC4CC4)CC3)sc2c1=O. The maximum Gasteiger partial charge on any atom is 0.273 e. The normalized spacial score (nSPS) is 18.4. The number of anilines is 1. The number of thiazole rings is 1. The largest absolute Gasteiger partial charge is 0.353 e. The first-order valence-corrected chi connectivity index (χ1v) is 11.5. The molecule has 2 fully saturated rings. The van der Waals surface area contributed by atoms with Gasteiger partial charge in [0.1, 0.15) is 17.6 Å². The summed E-state index contributed by atoms with van der Waals surface area (Å²) < 4.78 is 1.79. The van der Waals surface area contributed by atoms with E-state index in [0.29, 0.717) is 16.4 Å². The Hall–Kier alpha value is -2.49. The summed E-state index contributed by atoms with van der Waals surface area (Å²) in [5.41, 5.74) is 0.161. The van der Waals surface area contributed by atoms with Crippen molar-refractivity contribution in [3.63, 3.8) is 0 Å². The number of hydrogen-bond donors (Lipinski definition) is 2. The number of amides is 2. The highest BCUT2D eigenvalue weighted by molar-refractivity contribution is 7.22.